The quantitative estimate of drug-likeness (QED) is 0.534. The number of hydrogen-bond acceptors (Lipinski definition) is 5. The van der Waals surface area contributed by atoms with Crippen LogP contribution in [0, 0.1) is 17.7 Å². The molecule has 1 atom stereocenters. The van der Waals surface area contributed by atoms with Gasteiger partial charge in [-0.15, -0.1) is 0 Å². The van der Waals surface area contributed by atoms with Gasteiger partial charge in [-0.1, -0.05) is 27.7 Å². The van der Waals surface area contributed by atoms with Crippen molar-refractivity contribution in [3.63, 3.8) is 0 Å². The van der Waals surface area contributed by atoms with Gasteiger partial charge >= 0.3 is 0 Å². The Bertz CT molecular complexity index is 706. The Morgan fingerprint density at radius 3 is 2.36 bits per heavy atom. The van der Waals surface area contributed by atoms with Gasteiger partial charge in [-0.2, -0.15) is 4.31 Å². The van der Waals surface area contributed by atoms with Crippen LogP contribution in [0.15, 0.2) is 23.1 Å². The smallest absolute Gasteiger partial charge is 0.262 e. The molecule has 0 unspecified atom stereocenters. The fourth-order valence-electron chi connectivity index (χ4n) is 2.49. The Balaban J connectivity index is 3.49. The third kappa shape index (κ3) is 4.90. The number of benzene rings is 1. The minimum Gasteiger partial charge on any atom is -0.494 e. The number of amides is 1. The van der Waals surface area contributed by atoms with Gasteiger partial charge < -0.3 is 4.74 Å². The zero-order chi connectivity index (χ0) is 19.4. The molecule has 0 fully saturated rings. The van der Waals surface area contributed by atoms with E-state index in [1.165, 1.54) is 12.6 Å². The van der Waals surface area contributed by atoms with Gasteiger partial charge in [0.1, 0.15) is 6.04 Å². The predicted octanol–water partition coefficient (Wildman–Crippen LogP) is 2.01. The Hall–Kier alpha value is -1.71. The second-order valence-corrected chi connectivity index (χ2v) is 8.32. The second-order valence-electron chi connectivity index (χ2n) is 6.43. The molecule has 1 aromatic rings. The molecule has 0 spiro atoms. The number of rotatable bonds is 8. The fourth-order valence-corrected chi connectivity index (χ4v) is 4.39. The SMILES string of the molecule is COc1cc(S(=O)(=O)N(CC(C)C)[C@@H](C(=O)NO)C(C)C)ccc1F. The van der Waals surface area contributed by atoms with Crippen molar-refractivity contribution in [1.29, 1.82) is 0 Å². The molecule has 0 aliphatic rings. The van der Waals surface area contributed by atoms with Crippen LogP contribution in [0.4, 0.5) is 4.39 Å². The number of halogens is 1. The number of nitrogens with zero attached hydrogens (tertiary/aromatic N) is 1. The zero-order valence-corrected chi connectivity index (χ0v) is 15.8. The van der Waals surface area contributed by atoms with E-state index in [0.717, 1.165) is 22.5 Å². The number of hydrogen-bond donors (Lipinski definition) is 2. The molecule has 25 heavy (non-hydrogen) atoms. The molecule has 142 valence electrons. The first-order chi connectivity index (χ1) is 11.6. The van der Waals surface area contributed by atoms with E-state index < -0.39 is 33.7 Å². The van der Waals surface area contributed by atoms with E-state index in [-0.39, 0.29) is 23.1 Å². The average molecular weight is 376 g/mol. The predicted molar refractivity (Wildman–Crippen MR) is 90.2 cm³/mol. The van der Waals surface area contributed by atoms with Crippen molar-refractivity contribution in [1.82, 2.24) is 9.79 Å². The summed E-state index contributed by atoms with van der Waals surface area (Å²) >= 11 is 0. The first kappa shape index (κ1) is 21.3. The highest BCUT2D eigenvalue weighted by atomic mass is 32.2. The van der Waals surface area contributed by atoms with Gasteiger partial charge in [0, 0.05) is 12.6 Å². The normalized spacial score (nSPS) is 13.4. The molecule has 0 saturated carbocycles. The van der Waals surface area contributed by atoms with Gasteiger partial charge in [-0.25, -0.2) is 18.3 Å². The van der Waals surface area contributed by atoms with Gasteiger partial charge in [0.05, 0.1) is 12.0 Å². The molecule has 0 aromatic heterocycles. The Morgan fingerprint density at radius 2 is 1.92 bits per heavy atom. The summed E-state index contributed by atoms with van der Waals surface area (Å²) in [5.41, 5.74) is 1.53. The highest BCUT2D eigenvalue weighted by Gasteiger charge is 2.38. The summed E-state index contributed by atoms with van der Waals surface area (Å²) in [5.74, 6) is -2.20. The van der Waals surface area contributed by atoms with E-state index in [0.29, 0.717) is 0 Å². The lowest BCUT2D eigenvalue weighted by Gasteiger charge is -2.33. The van der Waals surface area contributed by atoms with Crippen LogP contribution in [0.2, 0.25) is 0 Å². The van der Waals surface area contributed by atoms with Crippen LogP contribution in [0.1, 0.15) is 27.7 Å². The van der Waals surface area contributed by atoms with E-state index in [1.807, 2.05) is 13.8 Å². The molecule has 0 radical (unpaired) electrons. The largest absolute Gasteiger partial charge is 0.494 e. The number of carbonyl (C=O) groups is 1. The maximum absolute atomic E-state index is 13.6. The Morgan fingerprint density at radius 1 is 1.32 bits per heavy atom. The summed E-state index contributed by atoms with van der Waals surface area (Å²) in [6.45, 7) is 7.02. The van der Waals surface area contributed by atoms with E-state index in [1.54, 1.807) is 13.8 Å². The van der Waals surface area contributed by atoms with Gasteiger partial charge in [0.2, 0.25) is 10.0 Å². The maximum atomic E-state index is 13.6. The molecule has 1 aromatic carbocycles. The van der Waals surface area contributed by atoms with Gasteiger partial charge in [-0.05, 0) is 24.0 Å². The van der Waals surface area contributed by atoms with Crippen LogP contribution in [-0.2, 0) is 14.8 Å². The number of ether oxygens (including phenoxy) is 1. The molecular formula is C16H25FN2O5S. The zero-order valence-electron chi connectivity index (χ0n) is 15.0. The van der Waals surface area contributed by atoms with Gasteiger partial charge in [-0.3, -0.25) is 10.0 Å². The average Bonchev–Trinajstić information content (AvgIpc) is 2.53. The Labute approximate surface area is 147 Å². The Kier molecular flexibility index (Phi) is 7.33. The summed E-state index contributed by atoms with van der Waals surface area (Å²) < 4.78 is 45.7. The lowest BCUT2D eigenvalue weighted by Crippen LogP contribution is -2.52. The topological polar surface area (TPSA) is 95.9 Å². The van der Waals surface area contributed by atoms with E-state index in [4.69, 9.17) is 9.94 Å². The number of carbonyl (C=O) groups excluding carboxylic acids is 1. The van der Waals surface area contributed by atoms with Crippen molar-refractivity contribution >= 4 is 15.9 Å². The van der Waals surface area contributed by atoms with Crippen LogP contribution in [-0.4, -0.2) is 43.5 Å². The summed E-state index contributed by atoms with van der Waals surface area (Å²) in [6, 6.07) is 2.07. The number of methoxy groups -OCH3 is 1. The minimum absolute atomic E-state index is 0.0539. The molecule has 0 bridgehead atoms. The van der Waals surface area contributed by atoms with Gasteiger partial charge in [0.15, 0.2) is 11.6 Å². The van der Waals surface area contributed by atoms with Crippen LogP contribution < -0.4 is 10.2 Å². The van der Waals surface area contributed by atoms with Crippen LogP contribution in [0.5, 0.6) is 5.75 Å². The van der Waals surface area contributed by atoms with E-state index in [9.17, 15) is 17.6 Å². The summed E-state index contributed by atoms with van der Waals surface area (Å²) in [5, 5.41) is 9.00. The third-order valence-electron chi connectivity index (χ3n) is 3.59. The molecule has 0 saturated heterocycles. The molecule has 0 heterocycles. The second kappa shape index (κ2) is 8.59. The van der Waals surface area contributed by atoms with Crippen LogP contribution in [0.3, 0.4) is 0 Å². The number of sulfonamides is 1. The van der Waals surface area contributed by atoms with Crippen LogP contribution in [0.25, 0.3) is 0 Å². The lowest BCUT2D eigenvalue weighted by atomic mass is 10.0. The van der Waals surface area contributed by atoms with Crippen molar-refractivity contribution in [3.8, 4) is 5.75 Å². The number of hydroxylamine groups is 1. The highest BCUT2D eigenvalue weighted by molar-refractivity contribution is 7.89. The summed E-state index contributed by atoms with van der Waals surface area (Å²) in [4.78, 5) is 11.9. The third-order valence-corrected chi connectivity index (χ3v) is 5.44. The standard InChI is InChI=1S/C16H25FN2O5S/c1-10(2)9-19(15(11(3)4)16(20)18-21)25(22,23)12-6-7-13(17)14(8-12)24-5/h6-8,10-11,15,21H,9H2,1-5H3,(H,18,20)/t15-/m1/s1. The first-order valence-electron chi connectivity index (χ1n) is 7.85. The highest BCUT2D eigenvalue weighted by Crippen LogP contribution is 2.27. The van der Waals surface area contributed by atoms with Crippen molar-refractivity contribution in [2.45, 2.75) is 38.6 Å². The minimum atomic E-state index is -4.13. The van der Waals surface area contributed by atoms with E-state index >= 15 is 0 Å². The molecule has 2 N–H and O–H groups in total. The molecule has 0 aliphatic carbocycles. The van der Waals surface area contributed by atoms with Crippen molar-refractivity contribution in [2.24, 2.45) is 11.8 Å². The van der Waals surface area contributed by atoms with Crippen molar-refractivity contribution in [2.75, 3.05) is 13.7 Å². The number of nitrogens with one attached hydrogen (secondary N) is 1. The molecule has 7 nitrogen and oxygen atoms in total. The van der Waals surface area contributed by atoms with Crippen LogP contribution >= 0.6 is 0 Å². The molecule has 1 amide bonds. The van der Waals surface area contributed by atoms with Crippen molar-refractivity contribution < 1.29 is 27.5 Å². The van der Waals surface area contributed by atoms with Crippen molar-refractivity contribution in [3.05, 3.63) is 24.0 Å². The van der Waals surface area contributed by atoms with E-state index in [2.05, 4.69) is 0 Å². The fraction of sp³-hybridized carbons (Fsp3) is 0.562. The summed E-state index contributed by atoms with van der Waals surface area (Å²) in [6.07, 6.45) is 0. The maximum Gasteiger partial charge on any atom is 0.262 e. The monoisotopic (exact) mass is 376 g/mol. The lowest BCUT2D eigenvalue weighted by molar-refractivity contribution is -0.134. The first-order valence-corrected chi connectivity index (χ1v) is 9.29. The molecule has 1 rings (SSSR count). The molecule has 0 aliphatic heterocycles. The molecular weight excluding hydrogens is 351 g/mol. The van der Waals surface area contributed by atoms with Gasteiger partial charge in [0.25, 0.3) is 5.91 Å². The summed E-state index contributed by atoms with van der Waals surface area (Å²) in [7, 11) is -2.90. The molecule has 9 heteroatoms.